The molecule has 168 valence electrons. The van der Waals surface area contributed by atoms with Crippen LogP contribution >= 0.6 is 24.0 Å². The molecule has 0 spiro atoms. The summed E-state index contributed by atoms with van der Waals surface area (Å²) in [6.07, 6.45) is 5.37. The Morgan fingerprint density at radius 1 is 0.933 bits per heavy atom. The van der Waals surface area contributed by atoms with Gasteiger partial charge in [0.2, 0.25) is 5.91 Å². The molecule has 2 aliphatic heterocycles. The van der Waals surface area contributed by atoms with Gasteiger partial charge in [-0.15, -0.1) is 24.0 Å². The molecule has 2 saturated heterocycles. The summed E-state index contributed by atoms with van der Waals surface area (Å²) < 4.78 is 0. The van der Waals surface area contributed by atoms with Crippen LogP contribution in [0.2, 0.25) is 0 Å². The van der Waals surface area contributed by atoms with E-state index in [2.05, 4.69) is 46.3 Å². The minimum atomic E-state index is 0. The first-order chi connectivity index (χ1) is 14.2. The van der Waals surface area contributed by atoms with E-state index in [9.17, 15) is 4.79 Å². The van der Waals surface area contributed by atoms with Crippen LogP contribution in [0, 0.1) is 0 Å². The van der Waals surface area contributed by atoms with Crippen LogP contribution in [-0.4, -0.2) is 72.4 Å². The summed E-state index contributed by atoms with van der Waals surface area (Å²) in [6, 6.07) is 8.74. The van der Waals surface area contributed by atoms with Gasteiger partial charge in [0.05, 0.1) is 6.54 Å². The first-order valence-corrected chi connectivity index (χ1v) is 11.2. The zero-order valence-electron chi connectivity index (χ0n) is 18.6. The molecule has 0 unspecified atom stereocenters. The fourth-order valence-corrected chi connectivity index (χ4v) is 4.22. The molecule has 2 fully saturated rings. The number of likely N-dealkylation sites (tertiary alicyclic amines) is 1. The number of amides is 1. The quantitative estimate of drug-likeness (QED) is 0.363. The minimum absolute atomic E-state index is 0. The van der Waals surface area contributed by atoms with Crippen molar-refractivity contribution in [3.63, 3.8) is 0 Å². The SMILES string of the molecule is CCNC(=NCc1ccccc1CN1CCCCCC1)N1CCN(C(C)=O)CC1.I. The number of carbonyl (C=O) groups excluding carboxylic acids is 1. The van der Waals surface area contributed by atoms with Gasteiger partial charge in [-0.05, 0) is 44.0 Å². The number of guanidine groups is 1. The molecular formula is C23H38IN5O. The number of piperazine rings is 1. The Morgan fingerprint density at radius 3 is 2.13 bits per heavy atom. The van der Waals surface area contributed by atoms with Gasteiger partial charge in [0.1, 0.15) is 0 Å². The van der Waals surface area contributed by atoms with Crippen molar-refractivity contribution < 1.29 is 4.79 Å². The third-order valence-corrected chi connectivity index (χ3v) is 5.97. The monoisotopic (exact) mass is 527 g/mol. The predicted octanol–water partition coefficient (Wildman–Crippen LogP) is 3.31. The van der Waals surface area contributed by atoms with Crippen molar-refractivity contribution in [1.29, 1.82) is 0 Å². The first kappa shape index (κ1) is 24.9. The fourth-order valence-electron chi connectivity index (χ4n) is 4.22. The number of benzene rings is 1. The van der Waals surface area contributed by atoms with Gasteiger partial charge in [-0.2, -0.15) is 0 Å². The van der Waals surface area contributed by atoms with E-state index >= 15 is 0 Å². The molecule has 1 aromatic carbocycles. The Bertz CT molecular complexity index is 680. The van der Waals surface area contributed by atoms with E-state index in [-0.39, 0.29) is 29.9 Å². The molecule has 0 saturated carbocycles. The van der Waals surface area contributed by atoms with Gasteiger partial charge >= 0.3 is 0 Å². The number of hydrogen-bond donors (Lipinski definition) is 1. The van der Waals surface area contributed by atoms with Crippen LogP contribution in [0.25, 0.3) is 0 Å². The van der Waals surface area contributed by atoms with Gasteiger partial charge in [-0.3, -0.25) is 9.69 Å². The molecule has 2 heterocycles. The normalized spacial score (nSPS) is 18.5. The largest absolute Gasteiger partial charge is 0.357 e. The number of rotatable bonds is 5. The maximum atomic E-state index is 11.6. The summed E-state index contributed by atoms with van der Waals surface area (Å²) in [5, 5.41) is 3.44. The minimum Gasteiger partial charge on any atom is -0.357 e. The Balaban J connectivity index is 0.00000320. The van der Waals surface area contributed by atoms with Crippen molar-refractivity contribution >= 4 is 35.8 Å². The van der Waals surface area contributed by atoms with Crippen LogP contribution in [0.5, 0.6) is 0 Å². The number of nitrogens with zero attached hydrogens (tertiary/aromatic N) is 4. The Kier molecular flexibility index (Phi) is 10.9. The number of nitrogens with one attached hydrogen (secondary N) is 1. The molecule has 30 heavy (non-hydrogen) atoms. The molecule has 2 aliphatic rings. The first-order valence-electron chi connectivity index (χ1n) is 11.2. The highest BCUT2D eigenvalue weighted by Gasteiger charge is 2.21. The molecule has 0 aliphatic carbocycles. The van der Waals surface area contributed by atoms with Crippen molar-refractivity contribution in [2.75, 3.05) is 45.8 Å². The molecule has 1 N–H and O–H groups in total. The molecule has 7 heteroatoms. The molecule has 0 bridgehead atoms. The van der Waals surface area contributed by atoms with E-state index in [0.717, 1.165) is 45.2 Å². The van der Waals surface area contributed by atoms with Crippen molar-refractivity contribution in [2.45, 2.75) is 52.6 Å². The van der Waals surface area contributed by atoms with Gasteiger partial charge in [0, 0.05) is 46.2 Å². The number of aliphatic imine (C=N–C) groups is 1. The van der Waals surface area contributed by atoms with E-state index in [1.807, 2.05) is 4.90 Å². The van der Waals surface area contributed by atoms with Gasteiger partial charge in [-0.1, -0.05) is 37.1 Å². The summed E-state index contributed by atoms with van der Waals surface area (Å²) in [5.74, 6) is 1.12. The summed E-state index contributed by atoms with van der Waals surface area (Å²) in [5.41, 5.74) is 2.71. The van der Waals surface area contributed by atoms with Gasteiger partial charge < -0.3 is 15.1 Å². The summed E-state index contributed by atoms with van der Waals surface area (Å²) >= 11 is 0. The maximum Gasteiger partial charge on any atom is 0.219 e. The number of halogens is 1. The smallest absolute Gasteiger partial charge is 0.219 e. The van der Waals surface area contributed by atoms with Crippen molar-refractivity contribution in [3.8, 4) is 0 Å². The average Bonchev–Trinajstić information content (AvgIpc) is 3.01. The second kappa shape index (κ2) is 13.1. The zero-order chi connectivity index (χ0) is 20.5. The second-order valence-electron chi connectivity index (χ2n) is 8.12. The Labute approximate surface area is 199 Å². The van der Waals surface area contributed by atoms with Crippen LogP contribution in [0.3, 0.4) is 0 Å². The van der Waals surface area contributed by atoms with Gasteiger partial charge in [0.25, 0.3) is 0 Å². The predicted molar refractivity (Wildman–Crippen MR) is 134 cm³/mol. The van der Waals surface area contributed by atoms with E-state index in [4.69, 9.17) is 4.99 Å². The van der Waals surface area contributed by atoms with E-state index in [1.54, 1.807) is 6.92 Å². The van der Waals surface area contributed by atoms with Gasteiger partial charge in [-0.25, -0.2) is 4.99 Å². The highest BCUT2D eigenvalue weighted by molar-refractivity contribution is 14.0. The third kappa shape index (κ3) is 7.41. The van der Waals surface area contributed by atoms with Crippen LogP contribution in [-0.2, 0) is 17.9 Å². The molecule has 3 rings (SSSR count). The summed E-state index contributed by atoms with van der Waals surface area (Å²) in [4.78, 5) is 23.3. The molecule has 6 nitrogen and oxygen atoms in total. The second-order valence-corrected chi connectivity index (χ2v) is 8.12. The van der Waals surface area contributed by atoms with E-state index in [0.29, 0.717) is 6.54 Å². The molecule has 0 aromatic heterocycles. The number of carbonyl (C=O) groups is 1. The van der Waals surface area contributed by atoms with Crippen LogP contribution in [0.1, 0.15) is 50.7 Å². The molecular weight excluding hydrogens is 489 g/mol. The molecule has 1 amide bonds. The Morgan fingerprint density at radius 2 is 1.53 bits per heavy atom. The fraction of sp³-hybridized carbons (Fsp3) is 0.652. The Hall–Kier alpha value is -1.35. The van der Waals surface area contributed by atoms with Gasteiger partial charge in [0.15, 0.2) is 5.96 Å². The molecule has 1 aromatic rings. The molecule has 0 radical (unpaired) electrons. The standard InChI is InChI=1S/C23H37N5O.HI/c1-3-24-23(28-16-14-27(15-17-28)20(2)29)25-18-21-10-6-7-11-22(21)19-26-12-8-4-5-9-13-26;/h6-7,10-11H,3-5,8-9,12-19H2,1-2H3,(H,24,25);1H. The lowest BCUT2D eigenvalue weighted by Gasteiger charge is -2.36. The highest BCUT2D eigenvalue weighted by Crippen LogP contribution is 2.17. The highest BCUT2D eigenvalue weighted by atomic mass is 127. The summed E-state index contributed by atoms with van der Waals surface area (Å²) in [6.45, 7) is 11.9. The zero-order valence-corrected chi connectivity index (χ0v) is 20.9. The van der Waals surface area contributed by atoms with Crippen LogP contribution in [0.15, 0.2) is 29.3 Å². The van der Waals surface area contributed by atoms with E-state index < -0.39 is 0 Å². The van der Waals surface area contributed by atoms with Crippen molar-refractivity contribution in [2.24, 2.45) is 4.99 Å². The van der Waals surface area contributed by atoms with Crippen molar-refractivity contribution in [3.05, 3.63) is 35.4 Å². The van der Waals surface area contributed by atoms with Crippen LogP contribution in [0.4, 0.5) is 0 Å². The van der Waals surface area contributed by atoms with E-state index in [1.165, 1.54) is 49.9 Å². The average molecular weight is 527 g/mol. The van der Waals surface area contributed by atoms with Crippen LogP contribution < -0.4 is 5.32 Å². The number of hydrogen-bond acceptors (Lipinski definition) is 3. The summed E-state index contributed by atoms with van der Waals surface area (Å²) in [7, 11) is 0. The topological polar surface area (TPSA) is 51.2 Å². The lowest BCUT2D eigenvalue weighted by Crippen LogP contribution is -2.53. The third-order valence-electron chi connectivity index (χ3n) is 5.97. The lowest BCUT2D eigenvalue weighted by atomic mass is 10.1. The molecule has 0 atom stereocenters. The maximum absolute atomic E-state index is 11.6. The lowest BCUT2D eigenvalue weighted by molar-refractivity contribution is -0.130. The van der Waals surface area contributed by atoms with Crippen molar-refractivity contribution in [1.82, 2.24) is 20.0 Å².